The molecule has 0 spiro atoms. The first kappa shape index (κ1) is 27.5. The maximum atomic E-state index is 12.3. The van der Waals surface area contributed by atoms with Gasteiger partial charge in [0.05, 0.1) is 19.8 Å². The van der Waals surface area contributed by atoms with Gasteiger partial charge in [-0.2, -0.15) is 0 Å². The van der Waals surface area contributed by atoms with Crippen LogP contribution in [0.5, 0.6) is 5.88 Å². The SMILES string of the molecule is COc1ccc(-c2cc(C#Cc3ccccc3)nc(NCOCC(C)N(C)C(=O)OC(C)(C)C)c2)cn1. The second-order valence-corrected chi connectivity index (χ2v) is 9.46. The van der Waals surface area contributed by atoms with Crippen LogP contribution in [0.1, 0.15) is 39.0 Å². The Bertz CT molecular complexity index is 1230. The summed E-state index contributed by atoms with van der Waals surface area (Å²) in [5.41, 5.74) is 2.77. The van der Waals surface area contributed by atoms with E-state index in [2.05, 4.69) is 27.1 Å². The molecule has 2 aromatic heterocycles. The lowest BCUT2D eigenvalue weighted by atomic mass is 10.1. The Morgan fingerprint density at radius 3 is 2.49 bits per heavy atom. The molecule has 0 saturated carbocycles. The number of pyridine rings is 2. The van der Waals surface area contributed by atoms with Crippen LogP contribution in [-0.2, 0) is 9.47 Å². The number of aromatic nitrogens is 2. The zero-order chi connectivity index (χ0) is 26.8. The maximum Gasteiger partial charge on any atom is 0.410 e. The molecule has 2 heterocycles. The monoisotopic (exact) mass is 502 g/mol. The molecule has 1 aromatic carbocycles. The van der Waals surface area contributed by atoms with Gasteiger partial charge < -0.3 is 24.4 Å². The summed E-state index contributed by atoms with van der Waals surface area (Å²) in [6.07, 6.45) is 1.36. The second-order valence-electron chi connectivity index (χ2n) is 9.46. The highest BCUT2D eigenvalue weighted by molar-refractivity contribution is 5.68. The van der Waals surface area contributed by atoms with Crippen molar-refractivity contribution >= 4 is 11.9 Å². The average Bonchev–Trinajstić information content (AvgIpc) is 2.89. The number of rotatable bonds is 8. The van der Waals surface area contributed by atoms with Gasteiger partial charge in [-0.05, 0) is 69.5 Å². The molecule has 0 fully saturated rings. The summed E-state index contributed by atoms with van der Waals surface area (Å²) in [4.78, 5) is 22.7. The minimum Gasteiger partial charge on any atom is -0.481 e. The number of hydrogen-bond donors (Lipinski definition) is 1. The number of hydrogen-bond acceptors (Lipinski definition) is 7. The van der Waals surface area contributed by atoms with Gasteiger partial charge in [0.1, 0.15) is 23.8 Å². The fraction of sp³-hybridized carbons (Fsp3) is 0.345. The first-order chi connectivity index (χ1) is 17.6. The Morgan fingerprint density at radius 1 is 1.08 bits per heavy atom. The van der Waals surface area contributed by atoms with Crippen LogP contribution >= 0.6 is 0 Å². The zero-order valence-corrected chi connectivity index (χ0v) is 22.2. The maximum absolute atomic E-state index is 12.3. The van der Waals surface area contributed by atoms with Crippen molar-refractivity contribution in [2.45, 2.75) is 39.3 Å². The van der Waals surface area contributed by atoms with E-state index in [1.165, 1.54) is 4.90 Å². The van der Waals surface area contributed by atoms with Crippen molar-refractivity contribution in [1.82, 2.24) is 14.9 Å². The third-order valence-electron chi connectivity index (χ3n) is 5.27. The van der Waals surface area contributed by atoms with Crippen molar-refractivity contribution in [2.75, 3.05) is 32.8 Å². The number of nitrogens with zero attached hydrogens (tertiary/aromatic N) is 3. The average molecular weight is 503 g/mol. The van der Waals surface area contributed by atoms with E-state index in [0.717, 1.165) is 16.7 Å². The van der Waals surface area contributed by atoms with Gasteiger partial charge in [-0.3, -0.25) is 0 Å². The van der Waals surface area contributed by atoms with Gasteiger partial charge in [0.2, 0.25) is 5.88 Å². The van der Waals surface area contributed by atoms with Gasteiger partial charge in [-0.1, -0.05) is 24.1 Å². The third-order valence-corrected chi connectivity index (χ3v) is 5.27. The number of carbonyl (C=O) groups is 1. The fourth-order valence-corrected chi connectivity index (χ4v) is 3.16. The van der Waals surface area contributed by atoms with Gasteiger partial charge in [0.25, 0.3) is 0 Å². The van der Waals surface area contributed by atoms with E-state index in [0.29, 0.717) is 24.0 Å². The lowest BCUT2D eigenvalue weighted by Gasteiger charge is -2.28. The number of amides is 1. The summed E-state index contributed by atoms with van der Waals surface area (Å²) in [5.74, 6) is 7.44. The molecule has 1 N–H and O–H groups in total. The number of nitrogens with one attached hydrogen (secondary N) is 1. The predicted molar refractivity (Wildman–Crippen MR) is 144 cm³/mol. The van der Waals surface area contributed by atoms with E-state index in [4.69, 9.17) is 14.2 Å². The number of anilines is 1. The van der Waals surface area contributed by atoms with Crippen molar-refractivity contribution in [2.24, 2.45) is 0 Å². The molecule has 8 heteroatoms. The van der Waals surface area contributed by atoms with Crippen LogP contribution in [-0.4, -0.2) is 60.1 Å². The number of benzene rings is 1. The standard InChI is InChI=1S/C29H34N4O4/c1-21(33(5)28(34)37-29(2,3)4)19-36-20-31-26-17-24(23-13-15-27(35-6)30-18-23)16-25(32-26)14-12-22-10-8-7-9-11-22/h7-11,13,15-18,21H,19-20H2,1-6H3,(H,31,32). The first-order valence-electron chi connectivity index (χ1n) is 12.0. The minimum absolute atomic E-state index is 0.173. The Hall–Kier alpha value is -4.09. The normalized spacial score (nSPS) is 11.6. The van der Waals surface area contributed by atoms with E-state index in [-0.39, 0.29) is 18.9 Å². The minimum atomic E-state index is -0.551. The molecule has 0 bridgehead atoms. The summed E-state index contributed by atoms with van der Waals surface area (Å²) in [5, 5.41) is 3.20. The summed E-state index contributed by atoms with van der Waals surface area (Å²) >= 11 is 0. The molecule has 1 amide bonds. The van der Waals surface area contributed by atoms with Gasteiger partial charge in [-0.25, -0.2) is 14.8 Å². The van der Waals surface area contributed by atoms with Gasteiger partial charge >= 0.3 is 6.09 Å². The van der Waals surface area contributed by atoms with Crippen molar-refractivity contribution in [3.63, 3.8) is 0 Å². The lowest BCUT2D eigenvalue weighted by molar-refractivity contribution is 0.0125. The molecule has 37 heavy (non-hydrogen) atoms. The highest BCUT2D eigenvalue weighted by Crippen LogP contribution is 2.23. The Balaban J connectivity index is 1.70. The third kappa shape index (κ3) is 8.81. The highest BCUT2D eigenvalue weighted by Gasteiger charge is 2.23. The molecule has 8 nitrogen and oxygen atoms in total. The number of carbonyl (C=O) groups excluding carboxylic acids is 1. The van der Waals surface area contributed by atoms with E-state index in [9.17, 15) is 4.79 Å². The summed E-state index contributed by atoms with van der Waals surface area (Å²) in [6.45, 7) is 7.94. The summed E-state index contributed by atoms with van der Waals surface area (Å²) < 4.78 is 16.4. The summed E-state index contributed by atoms with van der Waals surface area (Å²) in [7, 11) is 3.28. The van der Waals surface area contributed by atoms with Crippen LogP contribution < -0.4 is 10.1 Å². The fourth-order valence-electron chi connectivity index (χ4n) is 3.16. The van der Waals surface area contributed by atoms with Crippen LogP contribution in [0.15, 0.2) is 60.8 Å². The molecule has 1 unspecified atom stereocenters. The van der Waals surface area contributed by atoms with Crippen molar-refractivity contribution in [3.05, 3.63) is 72.1 Å². The van der Waals surface area contributed by atoms with Crippen molar-refractivity contribution < 1.29 is 19.0 Å². The molecule has 0 aliphatic rings. The summed E-state index contributed by atoms with van der Waals surface area (Å²) in [6, 6.07) is 17.2. The first-order valence-corrected chi connectivity index (χ1v) is 12.0. The Labute approximate surface area is 219 Å². The molecular formula is C29H34N4O4. The predicted octanol–water partition coefficient (Wildman–Crippen LogP) is 5.19. The van der Waals surface area contributed by atoms with Gasteiger partial charge in [0.15, 0.2) is 0 Å². The molecule has 0 aliphatic carbocycles. The Morgan fingerprint density at radius 2 is 1.84 bits per heavy atom. The molecule has 0 saturated heterocycles. The molecule has 3 rings (SSSR count). The second kappa shape index (κ2) is 12.7. The zero-order valence-electron chi connectivity index (χ0n) is 22.2. The molecular weight excluding hydrogens is 468 g/mol. The lowest BCUT2D eigenvalue weighted by Crippen LogP contribution is -2.41. The van der Waals surface area contributed by atoms with Crippen LogP contribution in [0.3, 0.4) is 0 Å². The molecule has 0 radical (unpaired) electrons. The van der Waals surface area contributed by atoms with Crippen LogP contribution in [0, 0.1) is 11.8 Å². The highest BCUT2D eigenvalue weighted by atomic mass is 16.6. The molecule has 0 aliphatic heterocycles. The van der Waals surface area contributed by atoms with E-state index in [1.807, 2.05) is 82.3 Å². The number of likely N-dealkylation sites (N-methyl/N-ethyl adjacent to an activating group) is 1. The molecule has 3 aromatic rings. The van der Waals surface area contributed by atoms with Crippen molar-refractivity contribution in [1.29, 1.82) is 0 Å². The molecule has 1 atom stereocenters. The number of ether oxygens (including phenoxy) is 3. The van der Waals surface area contributed by atoms with Crippen molar-refractivity contribution in [3.8, 4) is 28.8 Å². The van der Waals surface area contributed by atoms with Crippen LogP contribution in [0.25, 0.3) is 11.1 Å². The van der Waals surface area contributed by atoms with Gasteiger partial charge in [0, 0.05) is 30.4 Å². The number of methoxy groups -OCH3 is 1. The Kier molecular flexibility index (Phi) is 9.47. The quantitative estimate of drug-likeness (QED) is 0.258. The van der Waals surface area contributed by atoms with E-state index < -0.39 is 5.60 Å². The topological polar surface area (TPSA) is 85.8 Å². The van der Waals surface area contributed by atoms with Crippen LogP contribution in [0.2, 0.25) is 0 Å². The van der Waals surface area contributed by atoms with Crippen LogP contribution in [0.4, 0.5) is 10.6 Å². The largest absolute Gasteiger partial charge is 0.481 e. The van der Waals surface area contributed by atoms with E-state index in [1.54, 1.807) is 20.4 Å². The molecule has 194 valence electrons. The smallest absolute Gasteiger partial charge is 0.410 e. The van der Waals surface area contributed by atoms with Gasteiger partial charge in [-0.15, -0.1) is 0 Å². The van der Waals surface area contributed by atoms with E-state index >= 15 is 0 Å².